The third-order valence-electron chi connectivity index (χ3n) is 4.25. The Kier molecular flexibility index (Phi) is 3.06. The topological polar surface area (TPSA) is 90.2 Å². The van der Waals surface area contributed by atoms with E-state index in [2.05, 4.69) is 9.97 Å². The molecular formula is C18H15N3O3. The fourth-order valence-corrected chi connectivity index (χ4v) is 3.18. The summed E-state index contributed by atoms with van der Waals surface area (Å²) in [5.41, 5.74) is 7.72. The van der Waals surface area contributed by atoms with Crippen LogP contribution in [0.2, 0.25) is 0 Å². The van der Waals surface area contributed by atoms with Crippen LogP contribution in [0, 0.1) is 0 Å². The van der Waals surface area contributed by atoms with Crippen LogP contribution in [0.3, 0.4) is 0 Å². The van der Waals surface area contributed by atoms with Crippen molar-refractivity contribution in [1.29, 1.82) is 0 Å². The number of hydrogen-bond acceptors (Lipinski definition) is 4. The second-order valence-corrected chi connectivity index (χ2v) is 5.51. The van der Waals surface area contributed by atoms with Crippen molar-refractivity contribution in [3.63, 3.8) is 0 Å². The Hall–Kier alpha value is -3.28. The molecule has 2 aromatic carbocycles. The van der Waals surface area contributed by atoms with Gasteiger partial charge in [-0.2, -0.15) is 0 Å². The minimum absolute atomic E-state index is 0.448. The summed E-state index contributed by atoms with van der Waals surface area (Å²) in [7, 11) is 3.21. The van der Waals surface area contributed by atoms with E-state index in [1.807, 2.05) is 18.2 Å². The Morgan fingerprint density at radius 1 is 1.12 bits per heavy atom. The first-order chi connectivity index (χ1) is 11.6. The minimum atomic E-state index is -0.485. The third kappa shape index (κ3) is 1.89. The predicted molar refractivity (Wildman–Crippen MR) is 92.7 cm³/mol. The molecule has 0 saturated carbocycles. The van der Waals surface area contributed by atoms with Crippen molar-refractivity contribution >= 4 is 38.5 Å². The van der Waals surface area contributed by atoms with Gasteiger partial charge in [-0.25, -0.2) is 0 Å². The van der Waals surface area contributed by atoms with Gasteiger partial charge in [0.25, 0.3) is 0 Å². The van der Waals surface area contributed by atoms with Gasteiger partial charge in [-0.15, -0.1) is 0 Å². The lowest BCUT2D eigenvalue weighted by Gasteiger charge is -2.08. The maximum absolute atomic E-state index is 12.0. The largest absolute Gasteiger partial charge is 0.497 e. The number of benzene rings is 2. The number of nitrogens with two attached hydrogens (primary N) is 1. The highest BCUT2D eigenvalue weighted by molar-refractivity contribution is 6.25. The van der Waals surface area contributed by atoms with E-state index < -0.39 is 5.91 Å². The van der Waals surface area contributed by atoms with Gasteiger partial charge >= 0.3 is 0 Å². The number of H-pyrrole nitrogens is 1. The zero-order valence-corrected chi connectivity index (χ0v) is 13.2. The van der Waals surface area contributed by atoms with Crippen LogP contribution in [-0.4, -0.2) is 30.1 Å². The van der Waals surface area contributed by atoms with Crippen LogP contribution >= 0.6 is 0 Å². The molecule has 0 atom stereocenters. The summed E-state index contributed by atoms with van der Waals surface area (Å²) in [5.74, 6) is 0.876. The van der Waals surface area contributed by atoms with Gasteiger partial charge in [-0.05, 0) is 18.2 Å². The molecule has 0 aliphatic carbocycles. The van der Waals surface area contributed by atoms with Crippen molar-refractivity contribution in [1.82, 2.24) is 9.97 Å². The fourth-order valence-electron chi connectivity index (χ4n) is 3.18. The molecule has 0 bridgehead atoms. The molecule has 4 rings (SSSR count). The molecule has 2 aromatic heterocycles. The molecule has 1 amide bonds. The lowest BCUT2D eigenvalue weighted by molar-refractivity contribution is 0.100. The van der Waals surface area contributed by atoms with Gasteiger partial charge in [0.2, 0.25) is 5.91 Å². The van der Waals surface area contributed by atoms with E-state index in [0.717, 1.165) is 38.3 Å². The van der Waals surface area contributed by atoms with E-state index in [1.165, 1.54) is 0 Å². The monoisotopic (exact) mass is 321 g/mol. The highest BCUT2D eigenvalue weighted by atomic mass is 16.5. The molecule has 0 aliphatic heterocycles. The summed E-state index contributed by atoms with van der Waals surface area (Å²) in [5, 5.41) is 3.33. The predicted octanol–water partition coefficient (Wildman–Crippen LogP) is 2.99. The number of carbonyl (C=O) groups excluding carboxylic acids is 1. The zero-order chi connectivity index (χ0) is 16.8. The Balaban J connectivity index is 2.28. The Bertz CT molecular complexity index is 1120. The molecule has 120 valence electrons. The molecule has 24 heavy (non-hydrogen) atoms. The molecule has 0 unspecified atom stereocenters. The third-order valence-corrected chi connectivity index (χ3v) is 4.25. The lowest BCUT2D eigenvalue weighted by Crippen LogP contribution is -2.11. The molecule has 0 fully saturated rings. The van der Waals surface area contributed by atoms with Gasteiger partial charge in [-0.1, -0.05) is 0 Å². The normalized spacial score (nSPS) is 11.2. The molecule has 2 heterocycles. The Morgan fingerprint density at radius 3 is 2.67 bits per heavy atom. The average molecular weight is 321 g/mol. The maximum Gasteiger partial charge on any atom is 0.249 e. The molecule has 0 aliphatic rings. The van der Waals surface area contributed by atoms with Crippen molar-refractivity contribution in [2.45, 2.75) is 0 Å². The van der Waals surface area contributed by atoms with Gasteiger partial charge in [0, 0.05) is 34.0 Å². The van der Waals surface area contributed by atoms with Gasteiger partial charge in [0.15, 0.2) is 0 Å². The molecule has 6 nitrogen and oxygen atoms in total. The summed E-state index contributed by atoms with van der Waals surface area (Å²) in [6.45, 7) is 0. The number of ether oxygens (including phenoxy) is 2. The SMILES string of the molecule is COc1ccc2c(c1)[nH]c1c3c(OC)cncc3cc(C(N)=O)c21. The number of aromatic nitrogens is 2. The number of primary amides is 1. The van der Waals surface area contributed by atoms with Crippen molar-refractivity contribution < 1.29 is 14.3 Å². The number of fused-ring (bicyclic) bond motifs is 5. The second kappa shape index (κ2) is 5.13. The van der Waals surface area contributed by atoms with Crippen LogP contribution in [0.25, 0.3) is 32.6 Å². The summed E-state index contributed by atoms with van der Waals surface area (Å²) >= 11 is 0. The van der Waals surface area contributed by atoms with Crippen LogP contribution in [0.1, 0.15) is 10.4 Å². The van der Waals surface area contributed by atoms with Gasteiger partial charge in [-0.3, -0.25) is 9.78 Å². The average Bonchev–Trinajstić information content (AvgIpc) is 2.98. The first-order valence-electron chi connectivity index (χ1n) is 7.38. The van der Waals surface area contributed by atoms with Crippen molar-refractivity contribution in [3.05, 3.63) is 42.2 Å². The summed E-state index contributed by atoms with van der Waals surface area (Å²) < 4.78 is 10.7. The van der Waals surface area contributed by atoms with Crippen LogP contribution in [0.15, 0.2) is 36.7 Å². The number of carbonyl (C=O) groups is 1. The van der Waals surface area contributed by atoms with Crippen molar-refractivity contribution in [3.8, 4) is 11.5 Å². The number of hydrogen-bond donors (Lipinski definition) is 2. The van der Waals surface area contributed by atoms with E-state index in [4.69, 9.17) is 15.2 Å². The Morgan fingerprint density at radius 2 is 1.96 bits per heavy atom. The van der Waals surface area contributed by atoms with Crippen LogP contribution in [0.5, 0.6) is 11.5 Å². The quantitative estimate of drug-likeness (QED) is 0.607. The van der Waals surface area contributed by atoms with Gasteiger partial charge in [0.1, 0.15) is 11.5 Å². The molecule has 3 N–H and O–H groups in total. The number of nitrogens with one attached hydrogen (secondary N) is 1. The van der Waals surface area contributed by atoms with Crippen LogP contribution < -0.4 is 15.2 Å². The number of nitrogens with zero attached hydrogens (tertiary/aromatic N) is 1. The summed E-state index contributed by atoms with van der Waals surface area (Å²) in [6, 6.07) is 7.42. The number of pyridine rings is 1. The van der Waals surface area contributed by atoms with E-state index >= 15 is 0 Å². The minimum Gasteiger partial charge on any atom is -0.497 e. The lowest BCUT2D eigenvalue weighted by atomic mass is 10.0. The number of aromatic amines is 1. The van der Waals surface area contributed by atoms with E-state index in [1.54, 1.807) is 32.7 Å². The highest BCUT2D eigenvalue weighted by Gasteiger charge is 2.18. The molecule has 0 radical (unpaired) electrons. The molecule has 0 saturated heterocycles. The fraction of sp³-hybridized carbons (Fsp3) is 0.111. The number of rotatable bonds is 3. The summed E-state index contributed by atoms with van der Waals surface area (Å²) in [4.78, 5) is 19.5. The van der Waals surface area contributed by atoms with Crippen molar-refractivity contribution in [2.24, 2.45) is 5.73 Å². The number of amides is 1. The van der Waals surface area contributed by atoms with Crippen molar-refractivity contribution in [2.75, 3.05) is 14.2 Å². The standard InChI is InChI=1S/C18H15N3O3/c1-23-10-3-4-11-13(6-10)21-17-15-9(7-20-8-14(15)24-2)5-12(16(11)17)18(19)22/h3-8,21H,1-2H3,(H2,19,22). The van der Waals surface area contributed by atoms with Gasteiger partial charge in [0.05, 0.1) is 36.8 Å². The van der Waals surface area contributed by atoms with Crippen LogP contribution in [-0.2, 0) is 0 Å². The first kappa shape index (κ1) is 14.3. The smallest absolute Gasteiger partial charge is 0.249 e. The highest BCUT2D eigenvalue weighted by Crippen LogP contribution is 2.38. The van der Waals surface area contributed by atoms with E-state index in [-0.39, 0.29) is 0 Å². The van der Waals surface area contributed by atoms with E-state index in [9.17, 15) is 4.79 Å². The molecule has 0 spiro atoms. The molecule has 6 heteroatoms. The molecular weight excluding hydrogens is 306 g/mol. The van der Waals surface area contributed by atoms with Crippen LogP contribution in [0.4, 0.5) is 0 Å². The van der Waals surface area contributed by atoms with Gasteiger partial charge < -0.3 is 20.2 Å². The first-order valence-corrected chi connectivity index (χ1v) is 7.38. The Labute approximate surface area is 137 Å². The maximum atomic E-state index is 12.0. The molecule has 4 aromatic rings. The second-order valence-electron chi connectivity index (χ2n) is 5.51. The van der Waals surface area contributed by atoms with E-state index in [0.29, 0.717) is 11.3 Å². The number of methoxy groups -OCH3 is 2. The summed E-state index contributed by atoms with van der Waals surface area (Å²) in [6.07, 6.45) is 3.34. The zero-order valence-electron chi connectivity index (χ0n) is 13.2.